The molecular formula is C18H25Cl2N3O2. The Morgan fingerprint density at radius 3 is 2.52 bits per heavy atom. The maximum atomic E-state index is 12.1. The number of hydrogen-bond donors (Lipinski definition) is 1. The Balaban J connectivity index is 2.28. The predicted molar refractivity (Wildman–Crippen MR) is 103 cm³/mol. The number of ether oxygens (including phenoxy) is 1. The van der Waals surface area contributed by atoms with Crippen LogP contribution in [0.1, 0.15) is 59.8 Å². The van der Waals surface area contributed by atoms with Crippen LogP contribution < -0.4 is 5.32 Å². The third kappa shape index (κ3) is 6.15. The van der Waals surface area contributed by atoms with Crippen molar-refractivity contribution >= 4 is 46.4 Å². The highest BCUT2D eigenvalue weighted by Gasteiger charge is 2.21. The molecule has 0 radical (unpaired) electrons. The summed E-state index contributed by atoms with van der Waals surface area (Å²) in [5.74, 6) is 0.440. The highest BCUT2D eigenvalue weighted by molar-refractivity contribution is 6.35. The van der Waals surface area contributed by atoms with Crippen LogP contribution in [0.2, 0.25) is 10.3 Å². The molecule has 1 N–H and O–H groups in total. The lowest BCUT2D eigenvalue weighted by Crippen LogP contribution is -2.27. The number of pyridine rings is 1. The second-order valence-electron chi connectivity index (χ2n) is 7.35. The number of nitrogens with zero attached hydrogens (tertiary/aromatic N) is 2. The molecule has 5 nitrogen and oxygen atoms in total. The summed E-state index contributed by atoms with van der Waals surface area (Å²) in [5, 5.41) is 3.03. The molecule has 0 spiro atoms. The van der Waals surface area contributed by atoms with E-state index >= 15 is 0 Å². The van der Waals surface area contributed by atoms with Crippen LogP contribution in [0.25, 0.3) is 0 Å². The van der Waals surface area contributed by atoms with Crippen molar-refractivity contribution in [2.75, 3.05) is 5.32 Å². The minimum atomic E-state index is -0.605. The van der Waals surface area contributed by atoms with Crippen LogP contribution in [-0.2, 0) is 4.74 Å². The number of hydrogen-bond acceptors (Lipinski definition) is 4. The first-order chi connectivity index (χ1) is 11.7. The van der Waals surface area contributed by atoms with Gasteiger partial charge in [0.25, 0.3) is 0 Å². The van der Waals surface area contributed by atoms with Crippen molar-refractivity contribution in [3.05, 3.63) is 16.4 Å². The third-order valence-electron chi connectivity index (χ3n) is 4.04. The van der Waals surface area contributed by atoms with E-state index in [1.807, 2.05) is 6.92 Å². The van der Waals surface area contributed by atoms with Gasteiger partial charge in [-0.3, -0.25) is 10.3 Å². The molecule has 1 aliphatic rings. The van der Waals surface area contributed by atoms with Gasteiger partial charge in [-0.25, -0.2) is 9.78 Å². The van der Waals surface area contributed by atoms with Gasteiger partial charge in [0.1, 0.15) is 16.4 Å². The maximum absolute atomic E-state index is 12.1. The molecule has 138 valence electrons. The number of aliphatic imine (C=N–C) groups is 1. The normalized spacial score (nSPS) is 16.6. The lowest BCUT2D eigenvalue weighted by atomic mass is 9.86. The van der Waals surface area contributed by atoms with E-state index in [-0.39, 0.29) is 10.3 Å². The summed E-state index contributed by atoms with van der Waals surface area (Å²) < 4.78 is 5.29. The number of aromatic nitrogens is 1. The average Bonchev–Trinajstić information content (AvgIpc) is 2.49. The molecule has 0 saturated heterocycles. The van der Waals surface area contributed by atoms with E-state index in [0.717, 1.165) is 18.6 Å². The molecule has 0 unspecified atom stereocenters. The van der Waals surface area contributed by atoms with Crippen LogP contribution >= 0.6 is 23.2 Å². The molecule has 1 aromatic rings. The molecule has 7 heteroatoms. The van der Waals surface area contributed by atoms with E-state index in [2.05, 4.69) is 15.3 Å². The zero-order chi connectivity index (χ0) is 18.6. The number of anilines is 1. The van der Waals surface area contributed by atoms with E-state index in [0.29, 0.717) is 17.3 Å². The number of amides is 1. The summed E-state index contributed by atoms with van der Waals surface area (Å²) in [5.41, 5.74) is 1.21. The lowest BCUT2D eigenvalue weighted by Gasteiger charge is -2.22. The van der Waals surface area contributed by atoms with Gasteiger partial charge in [0, 0.05) is 11.8 Å². The molecule has 1 fully saturated rings. The second-order valence-corrected chi connectivity index (χ2v) is 8.09. The summed E-state index contributed by atoms with van der Waals surface area (Å²) in [6.45, 7) is 7.39. The first-order valence-corrected chi connectivity index (χ1v) is 9.32. The smallest absolute Gasteiger partial charge is 0.412 e. The van der Waals surface area contributed by atoms with Crippen LogP contribution in [0.3, 0.4) is 0 Å². The Morgan fingerprint density at radius 1 is 1.28 bits per heavy atom. The molecule has 25 heavy (non-hydrogen) atoms. The molecule has 0 aromatic carbocycles. The molecule has 1 aliphatic carbocycles. The predicted octanol–water partition coefficient (Wildman–Crippen LogP) is 6.41. The number of halogens is 2. The molecule has 0 atom stereocenters. The number of carbonyl (C=O) groups excluding carboxylic acids is 1. The SMILES string of the molecule is CC(=Nc1c(NC(=O)OC(C)(C)C)cc(Cl)nc1Cl)C1CCCCC1. The van der Waals surface area contributed by atoms with Gasteiger partial charge in [-0.15, -0.1) is 0 Å². The van der Waals surface area contributed by atoms with Crippen LogP contribution in [0.15, 0.2) is 11.1 Å². The topological polar surface area (TPSA) is 63.6 Å². The maximum Gasteiger partial charge on any atom is 0.412 e. The summed E-state index contributed by atoms with van der Waals surface area (Å²) in [4.78, 5) is 20.8. The van der Waals surface area contributed by atoms with Crippen molar-refractivity contribution in [1.82, 2.24) is 4.98 Å². The van der Waals surface area contributed by atoms with Gasteiger partial charge in [0.15, 0.2) is 5.15 Å². The molecule has 1 heterocycles. The molecule has 1 saturated carbocycles. The first-order valence-electron chi connectivity index (χ1n) is 8.57. The Labute approximate surface area is 159 Å². The number of carbonyl (C=O) groups is 1. The van der Waals surface area contributed by atoms with Gasteiger partial charge in [-0.2, -0.15) is 0 Å². The van der Waals surface area contributed by atoms with Crippen molar-refractivity contribution in [3.63, 3.8) is 0 Å². The van der Waals surface area contributed by atoms with E-state index in [1.54, 1.807) is 20.8 Å². The van der Waals surface area contributed by atoms with Crippen LogP contribution in [-0.4, -0.2) is 22.4 Å². The van der Waals surface area contributed by atoms with Gasteiger partial charge < -0.3 is 4.74 Å². The zero-order valence-corrected chi connectivity index (χ0v) is 16.7. The minimum Gasteiger partial charge on any atom is -0.444 e. The Bertz CT molecular complexity index is 663. The zero-order valence-electron chi connectivity index (χ0n) is 15.2. The van der Waals surface area contributed by atoms with Gasteiger partial charge in [-0.05, 0) is 46.5 Å². The van der Waals surface area contributed by atoms with E-state index in [4.69, 9.17) is 27.9 Å². The average molecular weight is 386 g/mol. The second kappa shape index (κ2) is 8.37. The summed E-state index contributed by atoms with van der Waals surface area (Å²) in [7, 11) is 0. The molecule has 1 aromatic heterocycles. The van der Waals surface area contributed by atoms with Crippen molar-refractivity contribution in [2.45, 2.75) is 65.4 Å². The van der Waals surface area contributed by atoms with Crippen molar-refractivity contribution in [3.8, 4) is 0 Å². The Hall–Kier alpha value is -1.33. The molecule has 2 rings (SSSR count). The highest BCUT2D eigenvalue weighted by atomic mass is 35.5. The standard InChI is InChI=1S/C18H25Cl2N3O2/c1-11(12-8-6-5-7-9-12)21-15-13(10-14(19)23-16(15)20)22-17(24)25-18(2,3)4/h10,12H,5-9H2,1-4H3,(H,22,23,24). The Kier molecular flexibility index (Phi) is 6.69. The number of rotatable bonds is 3. The van der Waals surface area contributed by atoms with Crippen LogP contribution in [0.5, 0.6) is 0 Å². The van der Waals surface area contributed by atoms with E-state index < -0.39 is 11.7 Å². The summed E-state index contributed by atoms with van der Waals surface area (Å²) in [6.07, 6.45) is 5.38. The highest BCUT2D eigenvalue weighted by Crippen LogP contribution is 2.36. The van der Waals surface area contributed by atoms with Crippen molar-refractivity contribution < 1.29 is 9.53 Å². The first kappa shape index (κ1) is 20.0. The van der Waals surface area contributed by atoms with Crippen LogP contribution in [0.4, 0.5) is 16.2 Å². The summed E-state index contributed by atoms with van der Waals surface area (Å²) in [6, 6.07) is 1.53. The molecule has 1 amide bonds. The van der Waals surface area contributed by atoms with E-state index in [9.17, 15) is 4.79 Å². The third-order valence-corrected chi connectivity index (χ3v) is 4.50. The monoisotopic (exact) mass is 385 g/mol. The molecular weight excluding hydrogens is 361 g/mol. The van der Waals surface area contributed by atoms with Gasteiger partial charge in [-0.1, -0.05) is 42.5 Å². The summed E-state index contributed by atoms with van der Waals surface area (Å²) >= 11 is 12.2. The fourth-order valence-corrected chi connectivity index (χ4v) is 3.35. The fraction of sp³-hybridized carbons (Fsp3) is 0.611. The lowest BCUT2D eigenvalue weighted by molar-refractivity contribution is 0.0636. The van der Waals surface area contributed by atoms with Crippen molar-refractivity contribution in [1.29, 1.82) is 0 Å². The number of nitrogens with one attached hydrogen (secondary N) is 1. The van der Waals surface area contributed by atoms with Gasteiger partial charge in [0.2, 0.25) is 0 Å². The molecule has 0 bridgehead atoms. The minimum absolute atomic E-state index is 0.161. The van der Waals surface area contributed by atoms with Crippen molar-refractivity contribution in [2.24, 2.45) is 10.9 Å². The van der Waals surface area contributed by atoms with Gasteiger partial charge >= 0.3 is 6.09 Å². The van der Waals surface area contributed by atoms with Crippen LogP contribution in [0, 0.1) is 5.92 Å². The fourth-order valence-electron chi connectivity index (χ4n) is 2.88. The molecule has 0 aliphatic heterocycles. The van der Waals surface area contributed by atoms with Gasteiger partial charge in [0.05, 0.1) is 5.69 Å². The van der Waals surface area contributed by atoms with E-state index in [1.165, 1.54) is 25.3 Å². The quantitative estimate of drug-likeness (QED) is 0.482. The Morgan fingerprint density at radius 2 is 1.92 bits per heavy atom. The largest absolute Gasteiger partial charge is 0.444 e.